The Kier molecular flexibility index (Phi) is 4.24. The maximum Gasteiger partial charge on any atom is 0.121 e. The Hall–Kier alpha value is -1.24. The molecule has 1 aromatic carbocycles. The molecule has 0 fully saturated rings. The number of nitriles is 1. The zero-order valence-corrected chi connectivity index (χ0v) is 8.38. The van der Waals surface area contributed by atoms with Crippen molar-refractivity contribution in [2.75, 3.05) is 6.54 Å². The van der Waals surface area contributed by atoms with Crippen molar-refractivity contribution in [3.05, 3.63) is 28.8 Å². The lowest BCUT2D eigenvalue weighted by Crippen LogP contribution is -2.14. The average Bonchev–Trinajstić information content (AvgIpc) is 2.16. The summed E-state index contributed by atoms with van der Waals surface area (Å²) in [4.78, 5) is 0. The minimum Gasteiger partial charge on any atom is -0.508 e. The molecule has 0 aromatic heterocycles. The molecule has 2 N–H and O–H groups in total. The molecule has 0 aliphatic carbocycles. The van der Waals surface area contributed by atoms with Crippen molar-refractivity contribution in [1.29, 1.82) is 5.26 Å². The van der Waals surface area contributed by atoms with E-state index in [1.807, 2.05) is 6.07 Å². The maximum absolute atomic E-state index is 9.46. The quantitative estimate of drug-likeness (QED) is 0.748. The third kappa shape index (κ3) is 2.91. The maximum atomic E-state index is 9.46. The van der Waals surface area contributed by atoms with Gasteiger partial charge in [-0.2, -0.15) is 5.26 Å². The fourth-order valence-corrected chi connectivity index (χ4v) is 1.32. The van der Waals surface area contributed by atoms with Crippen LogP contribution in [0.25, 0.3) is 0 Å². The van der Waals surface area contributed by atoms with E-state index in [9.17, 15) is 5.11 Å². The van der Waals surface area contributed by atoms with E-state index in [1.165, 1.54) is 0 Å². The van der Waals surface area contributed by atoms with Crippen LogP contribution in [0, 0.1) is 11.3 Å². The standard InChI is InChI=1S/C10H11ClN2O/c11-9-3-1-4-10(14)8(9)7-13-6-2-5-12/h1,3-4,13-14H,2,6-7H2. The van der Waals surface area contributed by atoms with Crippen LogP contribution in [-0.2, 0) is 6.54 Å². The lowest BCUT2D eigenvalue weighted by molar-refractivity contribution is 0.465. The highest BCUT2D eigenvalue weighted by atomic mass is 35.5. The highest BCUT2D eigenvalue weighted by Gasteiger charge is 2.04. The van der Waals surface area contributed by atoms with Gasteiger partial charge in [-0.1, -0.05) is 17.7 Å². The van der Waals surface area contributed by atoms with E-state index in [0.717, 1.165) is 0 Å². The third-order valence-electron chi connectivity index (χ3n) is 1.81. The van der Waals surface area contributed by atoms with Crippen LogP contribution in [0.1, 0.15) is 12.0 Å². The van der Waals surface area contributed by atoms with Gasteiger partial charge in [-0.3, -0.25) is 0 Å². The summed E-state index contributed by atoms with van der Waals surface area (Å²) in [5.41, 5.74) is 0.673. The molecule has 0 amide bonds. The minimum absolute atomic E-state index is 0.182. The van der Waals surface area contributed by atoms with Crippen LogP contribution >= 0.6 is 11.6 Å². The zero-order chi connectivity index (χ0) is 10.4. The molecular weight excluding hydrogens is 200 g/mol. The van der Waals surface area contributed by atoms with Crippen LogP contribution in [0.4, 0.5) is 0 Å². The van der Waals surface area contributed by atoms with E-state index in [1.54, 1.807) is 18.2 Å². The van der Waals surface area contributed by atoms with Gasteiger partial charge in [-0.15, -0.1) is 0 Å². The molecular formula is C10H11ClN2O. The van der Waals surface area contributed by atoms with Gasteiger partial charge in [-0.05, 0) is 12.1 Å². The zero-order valence-electron chi connectivity index (χ0n) is 7.63. The summed E-state index contributed by atoms with van der Waals surface area (Å²) in [5, 5.41) is 21.3. The summed E-state index contributed by atoms with van der Waals surface area (Å²) >= 11 is 5.88. The molecule has 0 bridgehead atoms. The lowest BCUT2D eigenvalue weighted by atomic mass is 10.2. The van der Waals surface area contributed by atoms with Crippen molar-refractivity contribution in [2.24, 2.45) is 0 Å². The van der Waals surface area contributed by atoms with Gasteiger partial charge in [0, 0.05) is 30.1 Å². The van der Waals surface area contributed by atoms with E-state index < -0.39 is 0 Å². The van der Waals surface area contributed by atoms with E-state index in [2.05, 4.69) is 5.32 Å². The molecule has 0 saturated heterocycles. The van der Waals surface area contributed by atoms with Crippen molar-refractivity contribution in [2.45, 2.75) is 13.0 Å². The number of benzene rings is 1. The number of nitrogens with one attached hydrogen (secondary N) is 1. The molecule has 0 radical (unpaired) electrons. The second-order valence-corrected chi connectivity index (χ2v) is 3.23. The lowest BCUT2D eigenvalue weighted by Gasteiger charge is -2.06. The number of rotatable bonds is 4. The molecule has 4 heteroatoms. The molecule has 3 nitrogen and oxygen atoms in total. The van der Waals surface area contributed by atoms with Gasteiger partial charge >= 0.3 is 0 Å². The van der Waals surface area contributed by atoms with Crippen molar-refractivity contribution in [3.8, 4) is 11.8 Å². The Morgan fingerprint density at radius 3 is 2.93 bits per heavy atom. The predicted octanol–water partition coefficient (Wildman–Crippen LogP) is 2.05. The van der Waals surface area contributed by atoms with Gasteiger partial charge in [0.05, 0.1) is 6.07 Å². The van der Waals surface area contributed by atoms with Crippen LogP contribution in [0.3, 0.4) is 0 Å². The van der Waals surface area contributed by atoms with Crippen LogP contribution in [-0.4, -0.2) is 11.7 Å². The van der Waals surface area contributed by atoms with Crippen molar-refractivity contribution in [3.63, 3.8) is 0 Å². The van der Waals surface area contributed by atoms with E-state index in [0.29, 0.717) is 30.1 Å². The second-order valence-electron chi connectivity index (χ2n) is 2.82. The molecule has 1 aromatic rings. The van der Waals surface area contributed by atoms with Gasteiger partial charge in [0.1, 0.15) is 5.75 Å². The molecule has 0 saturated carbocycles. The summed E-state index contributed by atoms with van der Waals surface area (Å²) in [6.07, 6.45) is 0.450. The fraction of sp³-hybridized carbons (Fsp3) is 0.300. The largest absolute Gasteiger partial charge is 0.508 e. The van der Waals surface area contributed by atoms with Gasteiger partial charge < -0.3 is 10.4 Å². The van der Waals surface area contributed by atoms with E-state index in [-0.39, 0.29) is 5.75 Å². The Morgan fingerprint density at radius 2 is 2.29 bits per heavy atom. The normalized spacial score (nSPS) is 9.71. The highest BCUT2D eigenvalue weighted by Crippen LogP contribution is 2.24. The summed E-state index contributed by atoms with van der Waals surface area (Å²) in [5.74, 6) is 0.182. The van der Waals surface area contributed by atoms with Crippen LogP contribution in [0.5, 0.6) is 5.75 Å². The Balaban J connectivity index is 2.54. The summed E-state index contributed by atoms with van der Waals surface area (Å²) in [6.45, 7) is 1.08. The van der Waals surface area contributed by atoms with Crippen LogP contribution in [0.15, 0.2) is 18.2 Å². The molecule has 0 atom stereocenters. The first kappa shape index (κ1) is 10.8. The summed E-state index contributed by atoms with van der Waals surface area (Å²) in [7, 11) is 0. The van der Waals surface area contributed by atoms with Crippen molar-refractivity contribution < 1.29 is 5.11 Å². The first-order valence-corrected chi connectivity index (χ1v) is 4.67. The van der Waals surface area contributed by atoms with E-state index in [4.69, 9.17) is 16.9 Å². The Bertz CT molecular complexity index is 326. The molecule has 1 rings (SSSR count). The monoisotopic (exact) mass is 210 g/mol. The van der Waals surface area contributed by atoms with Gasteiger partial charge in [0.15, 0.2) is 0 Å². The summed E-state index contributed by atoms with van der Waals surface area (Å²) < 4.78 is 0. The third-order valence-corrected chi connectivity index (χ3v) is 2.16. The SMILES string of the molecule is N#CCCNCc1c(O)cccc1Cl. The molecule has 0 unspecified atom stereocenters. The number of hydrogen-bond donors (Lipinski definition) is 2. The fourth-order valence-electron chi connectivity index (χ4n) is 1.08. The number of phenols is 1. The van der Waals surface area contributed by atoms with E-state index >= 15 is 0 Å². The number of halogens is 1. The number of aromatic hydroxyl groups is 1. The van der Waals surface area contributed by atoms with Crippen LogP contribution < -0.4 is 5.32 Å². The molecule has 0 aliphatic heterocycles. The molecule has 0 heterocycles. The average molecular weight is 211 g/mol. The topological polar surface area (TPSA) is 56.0 Å². The van der Waals surface area contributed by atoms with Gasteiger partial charge in [0.25, 0.3) is 0 Å². The second kappa shape index (κ2) is 5.48. The molecule has 74 valence electrons. The van der Waals surface area contributed by atoms with Crippen molar-refractivity contribution in [1.82, 2.24) is 5.32 Å². The first-order chi connectivity index (χ1) is 6.75. The van der Waals surface area contributed by atoms with Crippen molar-refractivity contribution >= 4 is 11.6 Å². The minimum atomic E-state index is 0.182. The summed E-state index contributed by atoms with van der Waals surface area (Å²) in [6, 6.07) is 7.03. The Labute approximate surface area is 87.9 Å². The molecule has 14 heavy (non-hydrogen) atoms. The number of phenolic OH excluding ortho intramolecular Hbond substituents is 1. The predicted molar refractivity (Wildman–Crippen MR) is 55.1 cm³/mol. The number of nitrogens with zero attached hydrogens (tertiary/aromatic N) is 1. The van der Waals surface area contributed by atoms with Crippen LogP contribution in [0.2, 0.25) is 5.02 Å². The van der Waals surface area contributed by atoms with Gasteiger partial charge in [-0.25, -0.2) is 0 Å². The smallest absolute Gasteiger partial charge is 0.121 e. The number of hydrogen-bond acceptors (Lipinski definition) is 3. The molecule has 0 aliphatic rings. The molecule has 0 spiro atoms. The van der Waals surface area contributed by atoms with Gasteiger partial charge in [0.2, 0.25) is 0 Å². The first-order valence-electron chi connectivity index (χ1n) is 4.29. The highest BCUT2D eigenvalue weighted by molar-refractivity contribution is 6.31. The Morgan fingerprint density at radius 1 is 1.50 bits per heavy atom.